The van der Waals surface area contributed by atoms with E-state index in [0.29, 0.717) is 26.1 Å². The third kappa shape index (κ3) is 5.46. The molecular formula is C26H27N3O3. The molecule has 164 valence electrons. The maximum Gasteiger partial charge on any atom is 0.318 e. The third-order valence-corrected chi connectivity index (χ3v) is 5.36. The molecule has 1 aliphatic rings. The van der Waals surface area contributed by atoms with Crippen molar-refractivity contribution in [3.8, 4) is 5.75 Å². The first-order valence-electron chi connectivity index (χ1n) is 10.7. The summed E-state index contributed by atoms with van der Waals surface area (Å²) in [7, 11) is 1.64. The molecule has 6 nitrogen and oxygen atoms in total. The molecule has 0 bridgehead atoms. The van der Waals surface area contributed by atoms with E-state index in [1.807, 2.05) is 84.9 Å². The van der Waals surface area contributed by atoms with Crippen molar-refractivity contribution < 1.29 is 14.4 Å². The number of nitrogens with zero attached hydrogens (tertiary/aromatic N) is 2. The molecule has 4 rings (SSSR count). The Morgan fingerprint density at radius 2 is 1.66 bits per heavy atom. The summed E-state index contributed by atoms with van der Waals surface area (Å²) < 4.78 is 5.45. The number of urea groups is 1. The van der Waals surface area contributed by atoms with Gasteiger partial charge in [-0.1, -0.05) is 78.0 Å². The maximum absolute atomic E-state index is 13.1. The zero-order valence-electron chi connectivity index (χ0n) is 18.1. The highest BCUT2D eigenvalue weighted by Crippen LogP contribution is 2.25. The molecule has 0 aromatic heterocycles. The predicted molar refractivity (Wildman–Crippen MR) is 125 cm³/mol. The van der Waals surface area contributed by atoms with E-state index in [9.17, 15) is 4.79 Å². The number of hydrogen-bond acceptors (Lipinski definition) is 4. The number of amides is 2. The van der Waals surface area contributed by atoms with E-state index >= 15 is 0 Å². The molecule has 0 spiro atoms. The minimum Gasteiger partial charge on any atom is -0.496 e. The van der Waals surface area contributed by atoms with Crippen LogP contribution >= 0.6 is 0 Å². The molecule has 32 heavy (non-hydrogen) atoms. The number of ether oxygens (including phenoxy) is 1. The quantitative estimate of drug-likeness (QED) is 0.569. The smallest absolute Gasteiger partial charge is 0.318 e. The van der Waals surface area contributed by atoms with Gasteiger partial charge in [-0.3, -0.25) is 0 Å². The maximum atomic E-state index is 13.1. The summed E-state index contributed by atoms with van der Waals surface area (Å²) in [5.41, 5.74) is 3.86. The van der Waals surface area contributed by atoms with E-state index in [2.05, 4.69) is 10.5 Å². The number of benzene rings is 3. The van der Waals surface area contributed by atoms with E-state index in [0.717, 1.165) is 28.2 Å². The average Bonchev–Trinajstić information content (AvgIpc) is 3.32. The third-order valence-electron chi connectivity index (χ3n) is 5.36. The average molecular weight is 430 g/mol. The molecule has 0 saturated heterocycles. The fourth-order valence-corrected chi connectivity index (χ4v) is 3.72. The highest BCUT2D eigenvalue weighted by molar-refractivity contribution is 6.03. The molecule has 1 atom stereocenters. The van der Waals surface area contributed by atoms with Gasteiger partial charge in [0.1, 0.15) is 5.75 Å². The van der Waals surface area contributed by atoms with Crippen molar-refractivity contribution in [2.75, 3.05) is 13.7 Å². The molecule has 1 heterocycles. The Bertz CT molecular complexity index is 1050. The van der Waals surface area contributed by atoms with Gasteiger partial charge in [0.2, 0.25) is 0 Å². The van der Waals surface area contributed by atoms with Crippen LogP contribution in [-0.4, -0.2) is 36.4 Å². The molecule has 6 heteroatoms. The normalized spacial score (nSPS) is 14.9. The summed E-state index contributed by atoms with van der Waals surface area (Å²) in [5.74, 6) is 0.761. The number of para-hydroxylation sites is 1. The summed E-state index contributed by atoms with van der Waals surface area (Å²) in [6.07, 6.45) is 0.388. The first-order valence-corrected chi connectivity index (χ1v) is 10.7. The number of oxime groups is 1. The minimum absolute atomic E-state index is 0.132. The van der Waals surface area contributed by atoms with Crippen molar-refractivity contribution in [1.82, 2.24) is 10.2 Å². The van der Waals surface area contributed by atoms with E-state index in [1.54, 1.807) is 12.0 Å². The van der Waals surface area contributed by atoms with Gasteiger partial charge < -0.3 is 19.8 Å². The summed E-state index contributed by atoms with van der Waals surface area (Å²) >= 11 is 0. The number of carbonyl (C=O) groups is 1. The van der Waals surface area contributed by atoms with Crippen LogP contribution in [0.5, 0.6) is 5.75 Å². The van der Waals surface area contributed by atoms with Gasteiger partial charge >= 0.3 is 6.03 Å². The largest absolute Gasteiger partial charge is 0.496 e. The summed E-state index contributed by atoms with van der Waals surface area (Å²) in [5, 5.41) is 7.32. The van der Waals surface area contributed by atoms with Crippen LogP contribution in [0.1, 0.15) is 23.1 Å². The summed E-state index contributed by atoms with van der Waals surface area (Å²) in [6, 6.07) is 27.5. The van der Waals surface area contributed by atoms with Crippen LogP contribution in [0.2, 0.25) is 0 Å². The first-order chi connectivity index (χ1) is 15.7. The predicted octanol–water partition coefficient (Wildman–Crippen LogP) is 4.60. The zero-order chi connectivity index (χ0) is 22.2. The number of rotatable bonds is 8. The second-order valence-corrected chi connectivity index (χ2v) is 7.68. The van der Waals surface area contributed by atoms with Crippen molar-refractivity contribution in [2.24, 2.45) is 5.16 Å². The Morgan fingerprint density at radius 3 is 2.38 bits per heavy atom. The topological polar surface area (TPSA) is 63.2 Å². The Labute approximate surface area is 188 Å². The van der Waals surface area contributed by atoms with Crippen molar-refractivity contribution in [1.29, 1.82) is 0 Å². The Hall–Kier alpha value is -3.80. The van der Waals surface area contributed by atoms with E-state index < -0.39 is 0 Å². The van der Waals surface area contributed by atoms with E-state index in [-0.39, 0.29) is 12.1 Å². The van der Waals surface area contributed by atoms with Gasteiger partial charge in [-0.05, 0) is 23.3 Å². The summed E-state index contributed by atoms with van der Waals surface area (Å²) in [6.45, 7) is 1.39. The van der Waals surface area contributed by atoms with Crippen LogP contribution < -0.4 is 10.1 Å². The monoisotopic (exact) mass is 429 g/mol. The van der Waals surface area contributed by atoms with Gasteiger partial charge in [-0.2, -0.15) is 0 Å². The standard InChI is InChI=1S/C26H27N3O3/c1-31-25-15-9-8-14-23(25)24-16-22(32-28-24)19-29(18-21-12-6-3-7-13-21)26(30)27-17-20-10-4-2-5-11-20/h2-15,22H,16-19H2,1H3,(H,27,30)/t22-/m1/s1. The molecule has 1 aliphatic heterocycles. The van der Waals surface area contributed by atoms with Gasteiger partial charge in [0, 0.05) is 25.1 Å². The molecule has 3 aromatic carbocycles. The first kappa shape index (κ1) is 21.4. The number of carbonyl (C=O) groups excluding carboxylic acids is 1. The molecule has 1 N–H and O–H groups in total. The lowest BCUT2D eigenvalue weighted by atomic mass is 10.0. The highest BCUT2D eigenvalue weighted by Gasteiger charge is 2.28. The number of methoxy groups -OCH3 is 1. The zero-order valence-corrected chi connectivity index (χ0v) is 18.1. The Kier molecular flexibility index (Phi) is 7.02. The van der Waals surface area contributed by atoms with Gasteiger partial charge in [-0.15, -0.1) is 0 Å². The van der Waals surface area contributed by atoms with E-state index in [4.69, 9.17) is 9.57 Å². The number of hydrogen-bond donors (Lipinski definition) is 1. The fourth-order valence-electron chi connectivity index (χ4n) is 3.72. The lowest BCUT2D eigenvalue weighted by Crippen LogP contribution is -2.43. The van der Waals surface area contributed by atoms with Gasteiger partial charge in [0.15, 0.2) is 6.10 Å². The Balaban J connectivity index is 1.43. The lowest BCUT2D eigenvalue weighted by molar-refractivity contribution is 0.0589. The lowest BCUT2D eigenvalue weighted by Gasteiger charge is -2.25. The van der Waals surface area contributed by atoms with Crippen LogP contribution in [0.3, 0.4) is 0 Å². The van der Waals surface area contributed by atoms with Crippen LogP contribution in [0.15, 0.2) is 90.1 Å². The SMILES string of the molecule is COc1ccccc1C1=NO[C@@H](CN(Cc2ccccc2)C(=O)NCc2ccccc2)C1. The molecule has 3 aromatic rings. The molecule has 0 unspecified atom stereocenters. The van der Waals surface area contributed by atoms with Gasteiger partial charge in [0.25, 0.3) is 0 Å². The highest BCUT2D eigenvalue weighted by atomic mass is 16.6. The molecule has 0 radical (unpaired) electrons. The Morgan fingerprint density at radius 1 is 1.00 bits per heavy atom. The van der Waals surface area contributed by atoms with Gasteiger partial charge in [0.05, 0.1) is 19.4 Å². The van der Waals surface area contributed by atoms with Crippen molar-refractivity contribution in [3.63, 3.8) is 0 Å². The van der Waals surface area contributed by atoms with Crippen molar-refractivity contribution >= 4 is 11.7 Å². The molecule has 0 saturated carbocycles. The second-order valence-electron chi connectivity index (χ2n) is 7.68. The molecule has 0 fully saturated rings. The van der Waals surface area contributed by atoms with Crippen molar-refractivity contribution in [2.45, 2.75) is 25.6 Å². The molecular weight excluding hydrogens is 402 g/mol. The van der Waals surface area contributed by atoms with Crippen LogP contribution in [0.25, 0.3) is 0 Å². The van der Waals surface area contributed by atoms with Crippen molar-refractivity contribution in [3.05, 3.63) is 102 Å². The molecule has 2 amide bonds. The summed E-state index contributed by atoms with van der Waals surface area (Å²) in [4.78, 5) is 20.6. The fraction of sp³-hybridized carbons (Fsp3) is 0.231. The second kappa shape index (κ2) is 10.5. The minimum atomic E-state index is -0.221. The number of nitrogens with one attached hydrogen (secondary N) is 1. The van der Waals surface area contributed by atoms with Crippen LogP contribution in [0, 0.1) is 0 Å². The van der Waals surface area contributed by atoms with E-state index in [1.165, 1.54) is 0 Å². The molecule has 0 aliphatic carbocycles. The van der Waals surface area contributed by atoms with Crippen LogP contribution in [0.4, 0.5) is 4.79 Å². The van der Waals surface area contributed by atoms with Gasteiger partial charge in [-0.25, -0.2) is 4.79 Å². The van der Waals surface area contributed by atoms with Crippen LogP contribution in [-0.2, 0) is 17.9 Å².